The van der Waals surface area contributed by atoms with E-state index >= 15 is 0 Å². The van der Waals surface area contributed by atoms with Gasteiger partial charge in [0, 0.05) is 17.5 Å². The molecule has 0 heterocycles. The number of aryl methyl sites for hydroxylation is 3. The number of benzene rings is 1. The van der Waals surface area contributed by atoms with Crippen LogP contribution in [0.2, 0.25) is 0 Å². The van der Waals surface area contributed by atoms with Crippen molar-refractivity contribution in [3.63, 3.8) is 0 Å². The number of rotatable bonds is 7. The van der Waals surface area contributed by atoms with Crippen LogP contribution < -0.4 is 11.1 Å². The van der Waals surface area contributed by atoms with Crippen LogP contribution in [0, 0.1) is 43.9 Å². The Hall–Kier alpha value is -1.93. The van der Waals surface area contributed by atoms with Crippen LogP contribution in [0.5, 0.6) is 0 Å². The number of nitrogens with one attached hydrogen (secondary N) is 1. The first-order valence-corrected chi connectivity index (χ1v) is 13.6. The SMILES string of the molecule is Cc1cc(C)c(S(=O)(=O)N(CC(=O)NC2C3CC4CC2CC(C(N)=O)(C4)C3)C2CC2)c(C)c1. The Morgan fingerprint density at radius 2 is 1.64 bits per heavy atom. The molecule has 2 amide bonds. The van der Waals surface area contributed by atoms with E-state index in [2.05, 4.69) is 5.32 Å². The normalized spacial score (nSPS) is 32.8. The van der Waals surface area contributed by atoms with E-state index in [-0.39, 0.29) is 42.3 Å². The quantitative estimate of drug-likeness (QED) is 0.634. The fourth-order valence-electron chi connectivity index (χ4n) is 7.40. The van der Waals surface area contributed by atoms with Gasteiger partial charge in [-0.3, -0.25) is 9.59 Å². The zero-order chi connectivity index (χ0) is 23.7. The summed E-state index contributed by atoms with van der Waals surface area (Å²) in [6, 6.07) is 3.66. The molecule has 5 fully saturated rings. The molecule has 0 aliphatic heterocycles. The molecule has 33 heavy (non-hydrogen) atoms. The van der Waals surface area contributed by atoms with E-state index in [0.29, 0.717) is 10.8 Å². The molecule has 0 saturated heterocycles. The van der Waals surface area contributed by atoms with Crippen molar-refractivity contribution in [2.24, 2.45) is 28.9 Å². The zero-order valence-corrected chi connectivity index (χ0v) is 20.6. The molecule has 6 rings (SSSR count). The number of nitrogens with two attached hydrogens (primary N) is 1. The Kier molecular flexibility index (Phi) is 5.40. The number of carbonyl (C=O) groups is 2. The van der Waals surface area contributed by atoms with Crippen molar-refractivity contribution in [3.8, 4) is 0 Å². The van der Waals surface area contributed by atoms with Gasteiger partial charge in [0.25, 0.3) is 0 Å². The van der Waals surface area contributed by atoms with Crippen LogP contribution >= 0.6 is 0 Å². The summed E-state index contributed by atoms with van der Waals surface area (Å²) in [5, 5.41) is 3.20. The molecule has 1 aromatic rings. The van der Waals surface area contributed by atoms with Gasteiger partial charge in [0.15, 0.2) is 0 Å². The molecule has 3 N–H and O–H groups in total. The molecule has 7 nitrogen and oxygen atoms in total. The van der Waals surface area contributed by atoms with Gasteiger partial charge in [0.1, 0.15) is 0 Å². The van der Waals surface area contributed by atoms with Gasteiger partial charge in [0.05, 0.1) is 11.4 Å². The maximum atomic E-state index is 13.7. The lowest BCUT2D eigenvalue weighted by Crippen LogP contribution is -2.62. The standard InChI is InChI=1S/C25H35N3O4S/c1-14-6-15(2)23(16(3)7-14)33(31,32)28(20-4-5-20)13-21(29)27-22-18-8-17-9-19(22)12-25(10-17,11-18)24(26)30/h6-7,17-20,22H,4-5,8-13H2,1-3H3,(H2,26,30)(H,27,29). The predicted octanol–water partition coefficient (Wildman–Crippen LogP) is 2.56. The predicted molar refractivity (Wildman–Crippen MR) is 125 cm³/mol. The largest absolute Gasteiger partial charge is 0.369 e. The second-order valence-corrected chi connectivity index (χ2v) is 13.0. The lowest BCUT2D eigenvalue weighted by molar-refractivity contribution is -0.147. The molecule has 8 heteroatoms. The van der Waals surface area contributed by atoms with Crippen molar-refractivity contribution in [1.82, 2.24) is 9.62 Å². The van der Waals surface area contributed by atoms with E-state index < -0.39 is 15.4 Å². The second-order valence-electron chi connectivity index (χ2n) is 11.2. The number of hydrogen-bond acceptors (Lipinski definition) is 4. The van der Waals surface area contributed by atoms with Gasteiger partial charge in [-0.25, -0.2) is 8.42 Å². The summed E-state index contributed by atoms with van der Waals surface area (Å²) in [5.74, 6) is 0.583. The maximum absolute atomic E-state index is 13.7. The highest BCUT2D eigenvalue weighted by atomic mass is 32.2. The maximum Gasteiger partial charge on any atom is 0.244 e. The van der Waals surface area contributed by atoms with E-state index in [4.69, 9.17) is 5.73 Å². The third kappa shape index (κ3) is 3.89. The molecule has 5 saturated carbocycles. The van der Waals surface area contributed by atoms with Gasteiger partial charge in [-0.05, 0) is 94.6 Å². The third-order valence-corrected chi connectivity index (χ3v) is 10.8. The zero-order valence-electron chi connectivity index (χ0n) is 19.8. The van der Waals surface area contributed by atoms with E-state index in [1.807, 2.05) is 32.9 Å². The number of carbonyl (C=O) groups excluding carboxylic acids is 2. The number of sulfonamides is 1. The van der Waals surface area contributed by atoms with Crippen LogP contribution in [0.3, 0.4) is 0 Å². The van der Waals surface area contributed by atoms with Crippen molar-refractivity contribution in [2.45, 2.75) is 82.7 Å². The number of nitrogens with zero attached hydrogens (tertiary/aromatic N) is 1. The summed E-state index contributed by atoms with van der Waals surface area (Å²) < 4.78 is 28.7. The first kappa shape index (κ1) is 22.8. The summed E-state index contributed by atoms with van der Waals surface area (Å²) in [6.07, 6.45) is 5.98. The van der Waals surface area contributed by atoms with Crippen LogP contribution in [0.25, 0.3) is 0 Å². The molecule has 2 atom stereocenters. The van der Waals surface area contributed by atoms with Gasteiger partial charge in [-0.2, -0.15) is 4.31 Å². The molecular formula is C25H35N3O4S. The fourth-order valence-corrected chi connectivity index (χ4v) is 9.46. The van der Waals surface area contributed by atoms with Gasteiger partial charge < -0.3 is 11.1 Å². The minimum atomic E-state index is -3.78. The van der Waals surface area contributed by atoms with Crippen molar-refractivity contribution in [3.05, 3.63) is 28.8 Å². The van der Waals surface area contributed by atoms with Gasteiger partial charge in [-0.15, -0.1) is 0 Å². The minimum absolute atomic E-state index is 0.00753. The monoisotopic (exact) mass is 473 g/mol. The summed E-state index contributed by atoms with van der Waals surface area (Å²) in [4.78, 5) is 25.7. The summed E-state index contributed by atoms with van der Waals surface area (Å²) in [5.41, 5.74) is 7.84. The smallest absolute Gasteiger partial charge is 0.244 e. The summed E-state index contributed by atoms with van der Waals surface area (Å²) >= 11 is 0. The Bertz CT molecular complexity index is 1070. The highest BCUT2D eigenvalue weighted by molar-refractivity contribution is 7.89. The van der Waals surface area contributed by atoms with E-state index in [9.17, 15) is 18.0 Å². The van der Waals surface area contributed by atoms with Crippen LogP contribution in [-0.4, -0.2) is 43.2 Å². The average Bonchev–Trinajstić information content (AvgIpc) is 3.52. The molecular weight excluding hydrogens is 438 g/mol. The lowest BCUT2D eigenvalue weighted by atomic mass is 9.47. The number of amides is 2. The molecule has 4 bridgehead atoms. The number of primary amides is 1. The second kappa shape index (κ2) is 7.80. The fraction of sp³-hybridized carbons (Fsp3) is 0.680. The van der Waals surface area contributed by atoms with E-state index in [1.165, 1.54) is 4.31 Å². The van der Waals surface area contributed by atoms with Crippen LogP contribution in [0.4, 0.5) is 0 Å². The van der Waals surface area contributed by atoms with Gasteiger partial charge >= 0.3 is 0 Å². The summed E-state index contributed by atoms with van der Waals surface area (Å²) in [7, 11) is -3.78. The van der Waals surface area contributed by atoms with Crippen molar-refractivity contribution >= 4 is 21.8 Å². The molecule has 2 unspecified atom stereocenters. The molecule has 5 aliphatic carbocycles. The van der Waals surface area contributed by atoms with Crippen molar-refractivity contribution in [2.75, 3.05) is 6.54 Å². The first-order chi connectivity index (χ1) is 15.5. The van der Waals surface area contributed by atoms with E-state index in [1.54, 1.807) is 0 Å². The van der Waals surface area contributed by atoms with Crippen LogP contribution in [-0.2, 0) is 19.6 Å². The van der Waals surface area contributed by atoms with Crippen LogP contribution in [0.15, 0.2) is 17.0 Å². The topological polar surface area (TPSA) is 110 Å². The highest BCUT2D eigenvalue weighted by Crippen LogP contribution is 2.59. The van der Waals surface area contributed by atoms with Crippen LogP contribution in [0.1, 0.15) is 61.6 Å². The molecule has 180 valence electrons. The third-order valence-electron chi connectivity index (χ3n) is 8.55. The lowest BCUT2D eigenvalue weighted by Gasteiger charge is -2.58. The minimum Gasteiger partial charge on any atom is -0.369 e. The highest BCUT2D eigenvalue weighted by Gasteiger charge is 2.58. The molecule has 1 aromatic carbocycles. The Morgan fingerprint density at radius 3 is 2.15 bits per heavy atom. The van der Waals surface area contributed by atoms with E-state index in [0.717, 1.165) is 61.6 Å². The average molecular weight is 474 g/mol. The Balaban J connectivity index is 1.34. The molecule has 0 radical (unpaired) electrons. The Labute approximate surface area is 196 Å². The van der Waals surface area contributed by atoms with Gasteiger partial charge in [-0.1, -0.05) is 17.7 Å². The molecule has 5 aliphatic rings. The summed E-state index contributed by atoms with van der Waals surface area (Å²) in [6.45, 7) is 5.44. The first-order valence-electron chi connectivity index (χ1n) is 12.2. The molecule has 0 aromatic heterocycles. The van der Waals surface area contributed by atoms with Gasteiger partial charge in [0.2, 0.25) is 21.8 Å². The molecule has 0 spiro atoms. The van der Waals surface area contributed by atoms with Crippen molar-refractivity contribution < 1.29 is 18.0 Å². The Morgan fingerprint density at radius 1 is 1.06 bits per heavy atom. The van der Waals surface area contributed by atoms with Crippen molar-refractivity contribution in [1.29, 1.82) is 0 Å². The number of hydrogen-bond donors (Lipinski definition) is 2.